The zero-order chi connectivity index (χ0) is 18.7. The molecule has 2 fully saturated rings. The van der Waals surface area contributed by atoms with Gasteiger partial charge in [-0.25, -0.2) is 0 Å². The van der Waals surface area contributed by atoms with Crippen molar-refractivity contribution < 1.29 is 19.1 Å². The molecule has 1 saturated carbocycles. The summed E-state index contributed by atoms with van der Waals surface area (Å²) in [5.74, 6) is 1.67. The Bertz CT molecular complexity index is 675. The number of amides is 2. The lowest BCUT2D eigenvalue weighted by atomic mass is 10.1. The van der Waals surface area contributed by atoms with E-state index in [2.05, 4.69) is 0 Å². The lowest BCUT2D eigenvalue weighted by molar-refractivity contribution is -0.136. The molecule has 6 heteroatoms. The van der Waals surface area contributed by atoms with Crippen LogP contribution >= 0.6 is 0 Å². The van der Waals surface area contributed by atoms with Crippen LogP contribution in [0.2, 0.25) is 0 Å². The predicted molar refractivity (Wildman–Crippen MR) is 98.7 cm³/mol. The molecule has 0 unspecified atom stereocenters. The zero-order valence-corrected chi connectivity index (χ0v) is 15.9. The van der Waals surface area contributed by atoms with Gasteiger partial charge < -0.3 is 19.3 Å². The largest absolute Gasteiger partial charge is 0.496 e. The molecule has 3 rings (SSSR count). The van der Waals surface area contributed by atoms with Gasteiger partial charge in [-0.2, -0.15) is 0 Å². The van der Waals surface area contributed by atoms with Crippen molar-refractivity contribution in [1.29, 1.82) is 0 Å². The molecule has 1 aliphatic carbocycles. The third-order valence-corrected chi connectivity index (χ3v) is 5.59. The van der Waals surface area contributed by atoms with Gasteiger partial charge in [-0.1, -0.05) is 12.8 Å². The van der Waals surface area contributed by atoms with Gasteiger partial charge in [0, 0.05) is 37.7 Å². The first kappa shape index (κ1) is 18.5. The highest BCUT2D eigenvalue weighted by molar-refractivity contribution is 5.98. The van der Waals surface area contributed by atoms with Crippen LogP contribution in [0, 0.1) is 12.8 Å². The quantitative estimate of drug-likeness (QED) is 0.828. The second-order valence-corrected chi connectivity index (χ2v) is 7.07. The Morgan fingerprint density at radius 1 is 0.962 bits per heavy atom. The Balaban J connectivity index is 1.67. The smallest absolute Gasteiger partial charge is 0.257 e. The third kappa shape index (κ3) is 3.50. The van der Waals surface area contributed by atoms with Gasteiger partial charge in [-0.15, -0.1) is 0 Å². The second-order valence-electron chi connectivity index (χ2n) is 7.07. The van der Waals surface area contributed by atoms with Crippen LogP contribution < -0.4 is 9.47 Å². The van der Waals surface area contributed by atoms with Crippen molar-refractivity contribution in [3.63, 3.8) is 0 Å². The molecule has 6 nitrogen and oxygen atoms in total. The van der Waals surface area contributed by atoms with E-state index in [1.54, 1.807) is 26.4 Å². The van der Waals surface area contributed by atoms with Crippen molar-refractivity contribution in [2.24, 2.45) is 5.92 Å². The fourth-order valence-electron chi connectivity index (χ4n) is 4.06. The topological polar surface area (TPSA) is 59.1 Å². The average molecular weight is 360 g/mol. The van der Waals surface area contributed by atoms with E-state index in [9.17, 15) is 9.59 Å². The van der Waals surface area contributed by atoms with E-state index in [0.717, 1.165) is 31.2 Å². The van der Waals surface area contributed by atoms with Crippen molar-refractivity contribution >= 4 is 11.8 Å². The van der Waals surface area contributed by atoms with E-state index in [1.807, 2.05) is 16.7 Å². The Kier molecular flexibility index (Phi) is 5.69. The first-order chi connectivity index (χ1) is 12.6. The van der Waals surface area contributed by atoms with Gasteiger partial charge in [0.05, 0.1) is 19.8 Å². The summed E-state index contributed by atoms with van der Waals surface area (Å²) in [6.45, 7) is 4.22. The van der Waals surface area contributed by atoms with E-state index >= 15 is 0 Å². The molecule has 2 amide bonds. The van der Waals surface area contributed by atoms with Crippen LogP contribution in [0.15, 0.2) is 12.1 Å². The summed E-state index contributed by atoms with van der Waals surface area (Å²) in [7, 11) is 3.17. The van der Waals surface area contributed by atoms with Gasteiger partial charge in [0.25, 0.3) is 5.91 Å². The van der Waals surface area contributed by atoms with Gasteiger partial charge in [0.1, 0.15) is 11.5 Å². The second kappa shape index (κ2) is 7.98. The Hall–Kier alpha value is -2.24. The van der Waals surface area contributed by atoms with Crippen LogP contribution in [0.4, 0.5) is 0 Å². The van der Waals surface area contributed by atoms with Crippen molar-refractivity contribution in [2.75, 3.05) is 40.4 Å². The third-order valence-electron chi connectivity index (χ3n) is 5.59. The van der Waals surface area contributed by atoms with Gasteiger partial charge in [-0.3, -0.25) is 9.59 Å². The number of hydrogen-bond acceptors (Lipinski definition) is 4. The molecule has 1 aliphatic heterocycles. The molecular formula is C20H28N2O4. The molecule has 0 atom stereocenters. The molecule has 0 aromatic heterocycles. The first-order valence-electron chi connectivity index (χ1n) is 9.36. The van der Waals surface area contributed by atoms with Crippen LogP contribution in [-0.2, 0) is 4.79 Å². The van der Waals surface area contributed by atoms with Crippen LogP contribution in [0.25, 0.3) is 0 Å². The average Bonchev–Trinajstić information content (AvgIpc) is 3.21. The molecule has 1 heterocycles. The number of rotatable bonds is 4. The molecule has 2 aliphatic rings. The summed E-state index contributed by atoms with van der Waals surface area (Å²) in [5.41, 5.74) is 1.36. The summed E-state index contributed by atoms with van der Waals surface area (Å²) in [6.07, 6.45) is 4.34. The summed E-state index contributed by atoms with van der Waals surface area (Å²) in [4.78, 5) is 29.3. The first-order valence-corrected chi connectivity index (χ1v) is 9.36. The van der Waals surface area contributed by atoms with Crippen LogP contribution in [0.5, 0.6) is 11.5 Å². The van der Waals surface area contributed by atoms with Crippen molar-refractivity contribution in [3.05, 3.63) is 23.3 Å². The van der Waals surface area contributed by atoms with Crippen LogP contribution in [0.1, 0.15) is 41.6 Å². The van der Waals surface area contributed by atoms with E-state index in [-0.39, 0.29) is 17.7 Å². The molecule has 1 saturated heterocycles. The van der Waals surface area contributed by atoms with Gasteiger partial charge in [0.2, 0.25) is 5.91 Å². The minimum Gasteiger partial charge on any atom is -0.496 e. The summed E-state index contributed by atoms with van der Waals surface area (Å²) < 4.78 is 10.8. The van der Waals surface area contributed by atoms with E-state index in [1.165, 1.54) is 0 Å². The number of nitrogens with zero attached hydrogens (tertiary/aromatic N) is 2. The van der Waals surface area contributed by atoms with Gasteiger partial charge >= 0.3 is 0 Å². The standard InChI is InChI=1S/C20H28N2O4/c1-14-17(25-2)9-8-16(18(14)26-3)20(24)22-12-10-21(11-13-22)19(23)15-6-4-5-7-15/h8-9,15H,4-7,10-13H2,1-3H3. The highest BCUT2D eigenvalue weighted by Crippen LogP contribution is 2.32. The van der Waals surface area contributed by atoms with Crippen LogP contribution in [-0.4, -0.2) is 62.0 Å². The number of methoxy groups -OCH3 is 2. The Morgan fingerprint density at radius 2 is 1.58 bits per heavy atom. The lowest BCUT2D eigenvalue weighted by Crippen LogP contribution is -2.51. The lowest BCUT2D eigenvalue weighted by Gasteiger charge is -2.36. The summed E-state index contributed by atoms with van der Waals surface area (Å²) in [5, 5.41) is 0. The molecule has 0 radical (unpaired) electrons. The Morgan fingerprint density at radius 3 is 2.15 bits per heavy atom. The number of carbonyl (C=O) groups excluding carboxylic acids is 2. The minimum absolute atomic E-state index is 0.0550. The number of piperazine rings is 1. The molecule has 1 aromatic carbocycles. The van der Waals surface area contributed by atoms with Crippen molar-refractivity contribution in [2.45, 2.75) is 32.6 Å². The SMILES string of the molecule is COc1ccc(C(=O)N2CCN(C(=O)C3CCCC3)CC2)c(OC)c1C. The number of carbonyl (C=O) groups is 2. The molecule has 0 bridgehead atoms. The number of benzene rings is 1. The normalized spacial score (nSPS) is 18.1. The maximum absolute atomic E-state index is 13.0. The summed E-state index contributed by atoms with van der Waals surface area (Å²) in [6, 6.07) is 3.55. The number of ether oxygens (including phenoxy) is 2. The van der Waals surface area contributed by atoms with Crippen molar-refractivity contribution in [3.8, 4) is 11.5 Å². The van der Waals surface area contributed by atoms with Gasteiger partial charge in [-0.05, 0) is 31.9 Å². The maximum Gasteiger partial charge on any atom is 0.257 e. The van der Waals surface area contributed by atoms with Crippen molar-refractivity contribution in [1.82, 2.24) is 9.80 Å². The predicted octanol–water partition coefficient (Wildman–Crippen LogP) is 2.49. The number of hydrogen-bond donors (Lipinski definition) is 0. The van der Waals surface area contributed by atoms with E-state index in [0.29, 0.717) is 43.2 Å². The maximum atomic E-state index is 13.0. The fraction of sp³-hybridized carbons (Fsp3) is 0.600. The molecule has 1 aromatic rings. The summed E-state index contributed by atoms with van der Waals surface area (Å²) >= 11 is 0. The zero-order valence-electron chi connectivity index (χ0n) is 15.9. The minimum atomic E-state index is -0.0550. The van der Waals surface area contributed by atoms with E-state index < -0.39 is 0 Å². The molecule has 26 heavy (non-hydrogen) atoms. The molecule has 0 N–H and O–H groups in total. The van der Waals surface area contributed by atoms with E-state index in [4.69, 9.17) is 9.47 Å². The van der Waals surface area contributed by atoms with Gasteiger partial charge in [0.15, 0.2) is 0 Å². The highest BCUT2D eigenvalue weighted by atomic mass is 16.5. The fourth-order valence-corrected chi connectivity index (χ4v) is 4.06. The molecule has 142 valence electrons. The van der Waals surface area contributed by atoms with Crippen LogP contribution in [0.3, 0.4) is 0 Å². The monoisotopic (exact) mass is 360 g/mol. The Labute approximate surface area is 155 Å². The highest BCUT2D eigenvalue weighted by Gasteiger charge is 2.31. The molecular weight excluding hydrogens is 332 g/mol. The molecule has 0 spiro atoms.